The summed E-state index contributed by atoms with van der Waals surface area (Å²) in [7, 11) is 0.857. The van der Waals surface area contributed by atoms with E-state index >= 15 is 0 Å². The number of para-hydroxylation sites is 1. The maximum atomic E-state index is 5.36. The maximum absolute atomic E-state index is 5.36. The minimum atomic E-state index is 0.145. The Morgan fingerprint density at radius 1 is 1.29 bits per heavy atom. The number of benzene rings is 1. The van der Waals surface area contributed by atoms with Crippen LogP contribution in [0.5, 0.6) is 0 Å². The van der Waals surface area contributed by atoms with Gasteiger partial charge in [-0.2, -0.15) is 0 Å². The molecule has 3 heteroatoms. The molecule has 1 aromatic rings. The summed E-state index contributed by atoms with van der Waals surface area (Å²) in [6, 6.07) is 9.49. The molecule has 0 aliphatic heterocycles. The second kappa shape index (κ2) is 6.62. The lowest BCUT2D eigenvalue weighted by atomic mass is 10.1. The van der Waals surface area contributed by atoms with Gasteiger partial charge in [-0.3, -0.25) is 0 Å². The van der Waals surface area contributed by atoms with Crippen LogP contribution >= 0.6 is 0 Å². The molecule has 0 radical (unpaired) electrons. The lowest BCUT2D eigenvalue weighted by Gasteiger charge is -2.20. The number of nitrogen functional groups attached to an aromatic ring is 1. The quantitative estimate of drug-likeness (QED) is 0.597. The van der Waals surface area contributed by atoms with E-state index in [1.54, 1.807) is 0 Å². The Morgan fingerprint density at radius 3 is 1.93 bits per heavy atom. The predicted molar refractivity (Wildman–Crippen MR) is 66.2 cm³/mol. The molecular formula is C11H21NOSi. The van der Waals surface area contributed by atoms with Gasteiger partial charge in [0.1, 0.15) is 10.5 Å². The molecule has 2 N–H and O–H groups in total. The first-order valence-corrected chi connectivity index (χ1v) is 5.69. The van der Waals surface area contributed by atoms with Gasteiger partial charge in [0.2, 0.25) is 0 Å². The van der Waals surface area contributed by atoms with Crippen molar-refractivity contribution in [1.29, 1.82) is 0 Å². The van der Waals surface area contributed by atoms with Gasteiger partial charge in [0.15, 0.2) is 0 Å². The van der Waals surface area contributed by atoms with Crippen LogP contribution in [0, 0.1) is 0 Å². The van der Waals surface area contributed by atoms with Gasteiger partial charge in [0.25, 0.3) is 0 Å². The average molecular weight is 211 g/mol. The van der Waals surface area contributed by atoms with E-state index in [2.05, 4.69) is 20.8 Å². The molecule has 1 aromatic carbocycles. The maximum Gasteiger partial charge on any atom is 0.146 e. The van der Waals surface area contributed by atoms with Crippen molar-refractivity contribution in [3.05, 3.63) is 30.3 Å². The summed E-state index contributed by atoms with van der Waals surface area (Å²) in [5.41, 5.74) is 6.32. The highest BCUT2D eigenvalue weighted by Gasteiger charge is 2.09. The monoisotopic (exact) mass is 211 g/mol. The van der Waals surface area contributed by atoms with Gasteiger partial charge in [0, 0.05) is 11.3 Å². The largest absolute Gasteiger partial charge is 0.423 e. The molecule has 0 amide bonds. The summed E-state index contributed by atoms with van der Waals surface area (Å²) < 4.78 is 5.23. The van der Waals surface area contributed by atoms with Crippen LogP contribution < -0.4 is 5.73 Å². The molecule has 0 aliphatic carbocycles. The highest BCUT2D eigenvalue weighted by atomic mass is 28.2. The highest BCUT2D eigenvalue weighted by Crippen LogP contribution is 2.09. The molecule has 0 heterocycles. The fraction of sp³-hybridized carbons (Fsp3) is 0.455. The number of anilines is 1. The number of rotatable bonds is 2. The number of hydrogen-bond donors (Lipinski definition) is 1. The van der Waals surface area contributed by atoms with Crippen LogP contribution in [0.2, 0.25) is 0 Å². The van der Waals surface area contributed by atoms with E-state index < -0.39 is 0 Å². The van der Waals surface area contributed by atoms with Crippen molar-refractivity contribution in [3.63, 3.8) is 0 Å². The molecule has 0 bridgehead atoms. The van der Waals surface area contributed by atoms with Crippen LogP contribution in [0.3, 0.4) is 0 Å². The Balaban J connectivity index is 0.000000241. The zero-order chi connectivity index (χ0) is 11.0. The van der Waals surface area contributed by atoms with Gasteiger partial charge in [-0.1, -0.05) is 25.1 Å². The van der Waals surface area contributed by atoms with Crippen LogP contribution in [-0.4, -0.2) is 16.1 Å². The van der Waals surface area contributed by atoms with Gasteiger partial charge in [-0.05, 0) is 32.4 Å². The van der Waals surface area contributed by atoms with Crippen LogP contribution in [0.4, 0.5) is 5.69 Å². The van der Waals surface area contributed by atoms with Gasteiger partial charge in [-0.25, -0.2) is 0 Å². The van der Waals surface area contributed by atoms with Crippen LogP contribution in [0.1, 0.15) is 27.2 Å². The minimum absolute atomic E-state index is 0.145. The SMILES string of the molecule is CCC(C)(C)O[SiH3].Nc1ccccc1. The Kier molecular flexibility index (Phi) is 6.24. The van der Waals surface area contributed by atoms with E-state index in [1.807, 2.05) is 30.3 Å². The third kappa shape index (κ3) is 6.68. The van der Waals surface area contributed by atoms with E-state index in [0.717, 1.165) is 22.6 Å². The summed E-state index contributed by atoms with van der Waals surface area (Å²) in [6.07, 6.45) is 1.11. The van der Waals surface area contributed by atoms with Crippen molar-refractivity contribution >= 4 is 16.2 Å². The zero-order valence-corrected chi connectivity index (χ0v) is 11.6. The zero-order valence-electron chi connectivity index (χ0n) is 9.58. The summed E-state index contributed by atoms with van der Waals surface area (Å²) in [5, 5.41) is 0. The van der Waals surface area contributed by atoms with E-state index in [1.165, 1.54) is 0 Å². The number of hydrogen-bond acceptors (Lipinski definition) is 2. The third-order valence-electron chi connectivity index (χ3n) is 2.20. The normalized spacial score (nSPS) is 10.5. The van der Waals surface area contributed by atoms with Crippen molar-refractivity contribution in [2.75, 3.05) is 5.73 Å². The van der Waals surface area contributed by atoms with E-state index in [-0.39, 0.29) is 5.60 Å². The molecular weight excluding hydrogens is 190 g/mol. The molecule has 0 unspecified atom stereocenters. The molecule has 0 fully saturated rings. The Hall–Kier alpha value is -0.803. The fourth-order valence-electron chi connectivity index (χ4n) is 0.597. The molecule has 0 atom stereocenters. The molecule has 0 saturated heterocycles. The van der Waals surface area contributed by atoms with Gasteiger partial charge >= 0.3 is 0 Å². The molecule has 1 rings (SSSR count). The average Bonchev–Trinajstić information content (AvgIpc) is 2.20. The van der Waals surface area contributed by atoms with E-state index in [0.29, 0.717) is 0 Å². The summed E-state index contributed by atoms with van der Waals surface area (Å²) in [6.45, 7) is 6.36. The Bertz CT molecular complexity index is 230. The van der Waals surface area contributed by atoms with Crippen molar-refractivity contribution < 1.29 is 4.43 Å². The topological polar surface area (TPSA) is 35.2 Å². The van der Waals surface area contributed by atoms with Crippen molar-refractivity contribution in [1.82, 2.24) is 0 Å². The molecule has 14 heavy (non-hydrogen) atoms. The van der Waals surface area contributed by atoms with Gasteiger partial charge in [0.05, 0.1) is 0 Å². The lowest BCUT2D eigenvalue weighted by Crippen LogP contribution is -2.20. The van der Waals surface area contributed by atoms with Crippen molar-refractivity contribution in [2.24, 2.45) is 0 Å². The van der Waals surface area contributed by atoms with E-state index in [4.69, 9.17) is 10.2 Å². The van der Waals surface area contributed by atoms with Crippen LogP contribution in [-0.2, 0) is 4.43 Å². The van der Waals surface area contributed by atoms with Crippen molar-refractivity contribution in [3.8, 4) is 0 Å². The first-order valence-electron chi connectivity index (χ1n) is 4.87. The smallest absolute Gasteiger partial charge is 0.146 e. The molecule has 0 saturated carbocycles. The van der Waals surface area contributed by atoms with Gasteiger partial charge in [-0.15, -0.1) is 0 Å². The first-order chi connectivity index (χ1) is 6.52. The van der Waals surface area contributed by atoms with Crippen LogP contribution in [0.25, 0.3) is 0 Å². The molecule has 0 aromatic heterocycles. The summed E-state index contributed by atoms with van der Waals surface area (Å²) in [4.78, 5) is 0. The summed E-state index contributed by atoms with van der Waals surface area (Å²) in [5.74, 6) is 0. The fourth-order valence-corrected chi connectivity index (χ4v) is 0.886. The molecule has 2 nitrogen and oxygen atoms in total. The van der Waals surface area contributed by atoms with Gasteiger partial charge < -0.3 is 10.2 Å². The predicted octanol–water partition coefficient (Wildman–Crippen LogP) is 1.74. The number of nitrogens with two attached hydrogens (primary N) is 1. The van der Waals surface area contributed by atoms with Crippen LogP contribution in [0.15, 0.2) is 30.3 Å². The first kappa shape index (κ1) is 13.2. The second-order valence-electron chi connectivity index (χ2n) is 3.73. The third-order valence-corrected chi connectivity index (χ3v) is 3.31. The van der Waals surface area contributed by atoms with Crippen molar-refractivity contribution in [2.45, 2.75) is 32.8 Å². The summed E-state index contributed by atoms with van der Waals surface area (Å²) >= 11 is 0. The van der Waals surface area contributed by atoms with E-state index in [9.17, 15) is 0 Å². The minimum Gasteiger partial charge on any atom is -0.423 e. The highest BCUT2D eigenvalue weighted by molar-refractivity contribution is 5.98. The Morgan fingerprint density at radius 2 is 1.79 bits per heavy atom. The molecule has 0 spiro atoms. The molecule has 0 aliphatic rings. The second-order valence-corrected chi connectivity index (χ2v) is 4.14. The Labute approximate surface area is 90.0 Å². The molecule has 80 valence electrons. The lowest BCUT2D eigenvalue weighted by molar-refractivity contribution is 0.119. The standard InChI is InChI=1S/C6H7N.C5H14OSi/c7-6-4-2-1-3-5-6;1-4-5(2,3)6-7/h1-5H,7H2;4H2,1-3,7H3.